The molecule has 100 valence electrons. The summed E-state index contributed by atoms with van der Waals surface area (Å²) < 4.78 is 9.10. The molecule has 0 fully saturated rings. The van der Waals surface area contributed by atoms with E-state index in [9.17, 15) is 9.59 Å². The fourth-order valence-corrected chi connectivity index (χ4v) is 1.78. The van der Waals surface area contributed by atoms with Crippen LogP contribution in [0.15, 0.2) is 11.6 Å². The number of rotatable bonds is 4. The van der Waals surface area contributed by atoms with Crippen molar-refractivity contribution in [1.29, 1.82) is 0 Å². The molecular weight excluding hydrogens is 252 g/mol. The number of carbonyl (C=O) groups is 2. The monoisotopic (exact) mass is 270 g/mol. The van der Waals surface area contributed by atoms with Gasteiger partial charge in [-0.1, -0.05) is 0 Å². The normalized spacial score (nSPS) is 11.1. The Kier molecular flexibility index (Phi) is 4.84. The highest BCUT2D eigenvalue weighted by Crippen LogP contribution is 2.11. The number of aromatic nitrogens is 1. The lowest BCUT2D eigenvalue weighted by Crippen LogP contribution is -2.39. The smallest absolute Gasteiger partial charge is 0.410 e. The first-order valence-electron chi connectivity index (χ1n) is 5.74. The topological polar surface area (TPSA) is 59.5 Å². The van der Waals surface area contributed by atoms with Crippen LogP contribution >= 0.6 is 11.5 Å². The highest BCUT2D eigenvalue weighted by Gasteiger charge is 2.23. The van der Waals surface area contributed by atoms with Gasteiger partial charge < -0.3 is 9.64 Å². The maximum atomic E-state index is 11.9. The van der Waals surface area contributed by atoms with E-state index in [1.807, 2.05) is 6.92 Å². The van der Waals surface area contributed by atoms with Crippen LogP contribution in [0.1, 0.15) is 38.1 Å². The largest absolute Gasteiger partial charge is 0.444 e. The van der Waals surface area contributed by atoms with Crippen molar-refractivity contribution < 1.29 is 14.3 Å². The Balaban J connectivity index is 2.62. The third-order valence-corrected chi connectivity index (χ3v) is 2.71. The molecule has 0 saturated carbocycles. The van der Waals surface area contributed by atoms with Crippen molar-refractivity contribution in [1.82, 2.24) is 9.27 Å². The van der Waals surface area contributed by atoms with Gasteiger partial charge in [0.25, 0.3) is 0 Å². The van der Waals surface area contributed by atoms with Gasteiger partial charge in [-0.2, -0.15) is 0 Å². The predicted octanol–water partition coefficient (Wildman–Crippen LogP) is 2.58. The molecule has 1 aromatic heterocycles. The first-order valence-corrected chi connectivity index (χ1v) is 6.57. The first-order chi connectivity index (χ1) is 8.33. The maximum absolute atomic E-state index is 11.9. The van der Waals surface area contributed by atoms with Crippen molar-refractivity contribution in [3.63, 3.8) is 0 Å². The summed E-state index contributed by atoms with van der Waals surface area (Å²) in [6.07, 6.45) is 1.04. The Morgan fingerprint density at radius 1 is 1.44 bits per heavy atom. The molecular formula is C12H18N2O3S. The molecule has 0 aliphatic heterocycles. The Morgan fingerprint density at radius 2 is 2.11 bits per heavy atom. The number of carbonyl (C=O) groups excluding carboxylic acids is 2. The third kappa shape index (κ3) is 4.44. The van der Waals surface area contributed by atoms with E-state index in [4.69, 9.17) is 4.74 Å². The molecule has 0 saturated heterocycles. The number of hydrogen-bond donors (Lipinski definition) is 0. The van der Waals surface area contributed by atoms with Crippen LogP contribution in [0.4, 0.5) is 4.79 Å². The second-order valence-corrected chi connectivity index (χ2v) is 5.49. The van der Waals surface area contributed by atoms with Crippen LogP contribution in [0.2, 0.25) is 0 Å². The summed E-state index contributed by atoms with van der Waals surface area (Å²) >= 11 is 1.22. The van der Waals surface area contributed by atoms with Crippen LogP contribution in [0.5, 0.6) is 0 Å². The van der Waals surface area contributed by atoms with Crippen molar-refractivity contribution in [3.05, 3.63) is 17.1 Å². The number of nitrogens with zero attached hydrogens (tertiary/aromatic N) is 2. The average molecular weight is 270 g/mol. The zero-order chi connectivity index (χ0) is 13.8. The van der Waals surface area contributed by atoms with Crippen molar-refractivity contribution >= 4 is 23.4 Å². The van der Waals surface area contributed by atoms with Crippen molar-refractivity contribution in [2.75, 3.05) is 13.1 Å². The molecule has 1 rings (SSSR count). The zero-order valence-corrected chi connectivity index (χ0v) is 11.9. The fraction of sp³-hybridized carbons (Fsp3) is 0.583. The zero-order valence-electron chi connectivity index (χ0n) is 11.1. The second-order valence-electron chi connectivity index (χ2n) is 4.83. The molecule has 1 heterocycles. The Morgan fingerprint density at radius 3 is 2.56 bits per heavy atom. The summed E-state index contributed by atoms with van der Waals surface area (Å²) in [6.45, 7) is 7.64. The van der Waals surface area contributed by atoms with Crippen molar-refractivity contribution in [3.8, 4) is 0 Å². The van der Waals surface area contributed by atoms with Crippen LogP contribution in [0.3, 0.4) is 0 Å². The van der Waals surface area contributed by atoms with E-state index in [1.165, 1.54) is 22.6 Å². The van der Waals surface area contributed by atoms with Crippen LogP contribution in [-0.2, 0) is 4.74 Å². The third-order valence-electron chi connectivity index (χ3n) is 2.12. The Hall–Kier alpha value is -1.43. The van der Waals surface area contributed by atoms with Crippen LogP contribution in [-0.4, -0.2) is 39.8 Å². The van der Waals surface area contributed by atoms with Gasteiger partial charge in [-0.05, 0) is 39.2 Å². The molecule has 6 heteroatoms. The summed E-state index contributed by atoms with van der Waals surface area (Å²) in [4.78, 5) is 25.1. The molecule has 1 aromatic rings. The van der Waals surface area contributed by atoms with Gasteiger partial charge in [0.2, 0.25) is 0 Å². The number of ether oxygens (including phenoxy) is 1. The molecule has 18 heavy (non-hydrogen) atoms. The molecule has 0 unspecified atom stereocenters. The van der Waals surface area contributed by atoms with Gasteiger partial charge in [0.1, 0.15) is 5.60 Å². The van der Waals surface area contributed by atoms with Gasteiger partial charge in [-0.15, -0.1) is 0 Å². The van der Waals surface area contributed by atoms with E-state index < -0.39 is 11.7 Å². The second kappa shape index (κ2) is 5.95. The van der Waals surface area contributed by atoms with Crippen LogP contribution < -0.4 is 0 Å². The molecule has 0 aliphatic carbocycles. The summed E-state index contributed by atoms with van der Waals surface area (Å²) in [5, 5.41) is 1.67. The SMILES string of the molecule is CCN(CC(=O)c1cnsc1)C(=O)OC(C)(C)C. The highest BCUT2D eigenvalue weighted by atomic mass is 32.1. The van der Waals surface area contributed by atoms with E-state index in [0.29, 0.717) is 12.1 Å². The summed E-state index contributed by atoms with van der Waals surface area (Å²) in [7, 11) is 0. The molecule has 0 N–H and O–H groups in total. The molecule has 5 nitrogen and oxygen atoms in total. The molecule has 1 amide bonds. The standard InChI is InChI=1S/C12H18N2O3S/c1-5-14(11(16)17-12(2,3)4)7-10(15)9-6-13-18-8-9/h6,8H,5,7H2,1-4H3. The van der Waals surface area contributed by atoms with Crippen molar-refractivity contribution in [2.45, 2.75) is 33.3 Å². The average Bonchev–Trinajstić information content (AvgIpc) is 2.76. The Labute approximate surface area is 111 Å². The van der Waals surface area contributed by atoms with Crippen LogP contribution in [0, 0.1) is 0 Å². The molecule has 0 radical (unpaired) electrons. The lowest BCUT2D eigenvalue weighted by atomic mass is 10.2. The molecule has 0 spiro atoms. The fourth-order valence-electron chi connectivity index (χ4n) is 1.24. The van der Waals surface area contributed by atoms with E-state index in [-0.39, 0.29) is 12.3 Å². The minimum atomic E-state index is -0.558. The lowest BCUT2D eigenvalue weighted by Gasteiger charge is -2.25. The van der Waals surface area contributed by atoms with E-state index in [2.05, 4.69) is 4.37 Å². The minimum Gasteiger partial charge on any atom is -0.444 e. The van der Waals surface area contributed by atoms with Gasteiger partial charge in [-0.25, -0.2) is 9.17 Å². The quantitative estimate of drug-likeness (QED) is 0.789. The minimum absolute atomic E-state index is 0.0177. The number of likely N-dealkylation sites (N-methyl/N-ethyl adjacent to an activating group) is 1. The number of amides is 1. The molecule has 0 aromatic carbocycles. The summed E-state index contributed by atoms with van der Waals surface area (Å²) in [5.41, 5.74) is -0.0284. The van der Waals surface area contributed by atoms with Gasteiger partial charge in [-0.3, -0.25) is 4.79 Å². The Bertz CT molecular complexity index is 409. The first kappa shape index (κ1) is 14.6. The molecule has 0 aliphatic rings. The van der Waals surface area contributed by atoms with Gasteiger partial charge in [0, 0.05) is 11.9 Å². The number of ketones is 1. The maximum Gasteiger partial charge on any atom is 0.410 e. The number of hydrogen-bond acceptors (Lipinski definition) is 5. The highest BCUT2D eigenvalue weighted by molar-refractivity contribution is 7.03. The van der Waals surface area contributed by atoms with Gasteiger partial charge in [0.05, 0.1) is 18.3 Å². The van der Waals surface area contributed by atoms with Gasteiger partial charge >= 0.3 is 6.09 Å². The van der Waals surface area contributed by atoms with Crippen molar-refractivity contribution in [2.24, 2.45) is 0 Å². The molecule has 0 bridgehead atoms. The lowest BCUT2D eigenvalue weighted by molar-refractivity contribution is 0.0257. The van der Waals surface area contributed by atoms with Crippen LogP contribution in [0.25, 0.3) is 0 Å². The summed E-state index contributed by atoms with van der Waals surface area (Å²) in [6, 6.07) is 0. The predicted molar refractivity (Wildman–Crippen MR) is 69.9 cm³/mol. The van der Waals surface area contributed by atoms with E-state index >= 15 is 0 Å². The van der Waals surface area contributed by atoms with Gasteiger partial charge in [0.15, 0.2) is 5.78 Å². The number of Topliss-reactive ketones (excluding diaryl/α,β-unsaturated/α-hetero) is 1. The summed E-state index contributed by atoms with van der Waals surface area (Å²) in [5.74, 6) is -0.128. The van der Waals surface area contributed by atoms with E-state index in [1.54, 1.807) is 26.2 Å². The molecule has 0 atom stereocenters. The van der Waals surface area contributed by atoms with E-state index in [0.717, 1.165) is 0 Å².